The highest BCUT2D eigenvalue weighted by molar-refractivity contribution is 9.10. The van der Waals surface area contributed by atoms with Crippen LogP contribution < -0.4 is 0 Å². The molecular weight excluding hydrogens is 320 g/mol. The first-order valence-corrected chi connectivity index (χ1v) is 7.77. The van der Waals surface area contributed by atoms with Gasteiger partial charge in [0.05, 0.1) is 6.61 Å². The summed E-state index contributed by atoms with van der Waals surface area (Å²) < 4.78 is 0.960. The number of aliphatic hydroxyl groups excluding tert-OH is 1. The molecule has 1 aromatic rings. The highest BCUT2D eigenvalue weighted by Gasteiger charge is 2.27. The normalized spacial score (nSPS) is 17.1. The molecule has 1 fully saturated rings. The number of hydrogen-bond donors (Lipinski definition) is 1. The molecule has 0 atom stereocenters. The molecule has 2 rings (SSSR count). The second-order valence-electron chi connectivity index (χ2n) is 5.26. The van der Waals surface area contributed by atoms with Crippen LogP contribution in [0.15, 0.2) is 28.7 Å². The molecule has 1 N–H and O–H groups in total. The standard InChI is InChI=1S/C15H21BrN2O2/c1-17-8-6-14(7-9-17)18(10-11-19)15(20)12-2-4-13(16)5-3-12/h2-5,14,19H,6-11H2,1H3. The third-order valence-electron chi connectivity index (χ3n) is 3.82. The fourth-order valence-electron chi connectivity index (χ4n) is 2.62. The van der Waals surface area contributed by atoms with Crippen LogP contribution in [0.25, 0.3) is 0 Å². The van der Waals surface area contributed by atoms with Crippen molar-refractivity contribution >= 4 is 21.8 Å². The largest absolute Gasteiger partial charge is 0.395 e. The van der Waals surface area contributed by atoms with Crippen molar-refractivity contribution in [3.8, 4) is 0 Å². The SMILES string of the molecule is CN1CCC(N(CCO)C(=O)c2ccc(Br)cc2)CC1. The van der Waals surface area contributed by atoms with Crippen molar-refractivity contribution in [2.75, 3.05) is 33.3 Å². The molecule has 110 valence electrons. The zero-order valence-corrected chi connectivity index (χ0v) is 13.3. The second kappa shape index (κ2) is 7.20. The molecule has 1 aliphatic rings. The minimum absolute atomic E-state index is 0.00854. The van der Waals surface area contributed by atoms with Crippen LogP contribution in [0, 0.1) is 0 Å². The summed E-state index contributed by atoms with van der Waals surface area (Å²) in [5, 5.41) is 9.25. The van der Waals surface area contributed by atoms with Gasteiger partial charge in [-0.1, -0.05) is 15.9 Å². The fourth-order valence-corrected chi connectivity index (χ4v) is 2.89. The first-order chi connectivity index (χ1) is 9.61. The van der Waals surface area contributed by atoms with E-state index in [1.54, 1.807) is 0 Å². The number of benzene rings is 1. The molecule has 1 saturated heterocycles. The van der Waals surface area contributed by atoms with E-state index in [2.05, 4.69) is 27.9 Å². The third kappa shape index (κ3) is 3.81. The maximum Gasteiger partial charge on any atom is 0.254 e. The van der Waals surface area contributed by atoms with E-state index in [9.17, 15) is 9.90 Å². The van der Waals surface area contributed by atoms with Crippen LogP contribution >= 0.6 is 15.9 Å². The Hall–Kier alpha value is -0.910. The molecule has 4 nitrogen and oxygen atoms in total. The minimum atomic E-state index is 0.00854. The summed E-state index contributed by atoms with van der Waals surface area (Å²) >= 11 is 3.38. The summed E-state index contributed by atoms with van der Waals surface area (Å²) in [7, 11) is 2.10. The van der Waals surface area contributed by atoms with Crippen molar-refractivity contribution in [2.45, 2.75) is 18.9 Å². The molecule has 5 heteroatoms. The lowest BCUT2D eigenvalue weighted by atomic mass is 10.0. The molecule has 0 saturated carbocycles. The number of piperidine rings is 1. The summed E-state index contributed by atoms with van der Waals surface area (Å²) in [6.45, 7) is 2.41. The first-order valence-electron chi connectivity index (χ1n) is 6.97. The zero-order valence-electron chi connectivity index (χ0n) is 11.8. The van der Waals surface area contributed by atoms with E-state index in [1.807, 2.05) is 29.2 Å². The molecule has 1 heterocycles. The molecule has 0 bridgehead atoms. The van der Waals surface area contributed by atoms with Crippen LogP contribution in [0.3, 0.4) is 0 Å². The lowest BCUT2D eigenvalue weighted by molar-refractivity contribution is 0.0540. The summed E-state index contributed by atoms with van der Waals surface area (Å²) in [5.74, 6) is 0.0149. The molecular formula is C15H21BrN2O2. The Labute approximate surface area is 128 Å². The van der Waals surface area contributed by atoms with Crippen LogP contribution in [-0.4, -0.2) is 60.1 Å². The maximum atomic E-state index is 12.6. The van der Waals surface area contributed by atoms with Crippen LogP contribution in [0.1, 0.15) is 23.2 Å². The molecule has 0 aliphatic carbocycles. The van der Waals surface area contributed by atoms with Gasteiger partial charge in [-0.25, -0.2) is 0 Å². The number of hydrogen-bond acceptors (Lipinski definition) is 3. The number of rotatable bonds is 4. The van der Waals surface area contributed by atoms with Crippen LogP contribution in [0.5, 0.6) is 0 Å². The summed E-state index contributed by atoms with van der Waals surface area (Å²) in [5.41, 5.74) is 0.681. The lowest BCUT2D eigenvalue weighted by Crippen LogP contribution is -2.47. The van der Waals surface area contributed by atoms with E-state index in [0.717, 1.165) is 30.4 Å². The molecule has 1 aliphatic heterocycles. The van der Waals surface area contributed by atoms with Gasteiger partial charge in [-0.3, -0.25) is 4.79 Å². The average molecular weight is 341 g/mol. The number of amides is 1. The lowest BCUT2D eigenvalue weighted by Gasteiger charge is -2.37. The number of halogens is 1. The maximum absolute atomic E-state index is 12.6. The van der Waals surface area contributed by atoms with Crippen LogP contribution in [-0.2, 0) is 0 Å². The van der Waals surface area contributed by atoms with Crippen molar-refractivity contribution in [2.24, 2.45) is 0 Å². The quantitative estimate of drug-likeness (QED) is 0.911. The molecule has 20 heavy (non-hydrogen) atoms. The van der Waals surface area contributed by atoms with Crippen molar-refractivity contribution in [3.63, 3.8) is 0 Å². The number of carbonyl (C=O) groups is 1. The van der Waals surface area contributed by atoms with Gasteiger partial charge in [0.15, 0.2) is 0 Å². The average Bonchev–Trinajstić information content (AvgIpc) is 2.46. The number of aliphatic hydroxyl groups is 1. The van der Waals surface area contributed by atoms with Crippen molar-refractivity contribution < 1.29 is 9.90 Å². The van der Waals surface area contributed by atoms with E-state index in [1.165, 1.54) is 0 Å². The Bertz CT molecular complexity index is 442. The molecule has 0 aromatic heterocycles. The zero-order chi connectivity index (χ0) is 14.5. The summed E-state index contributed by atoms with van der Waals surface area (Å²) in [6, 6.07) is 7.63. The van der Waals surface area contributed by atoms with Gasteiger partial charge in [0, 0.05) is 22.6 Å². The molecule has 0 unspecified atom stereocenters. The fraction of sp³-hybridized carbons (Fsp3) is 0.533. The molecule has 0 radical (unpaired) electrons. The Balaban J connectivity index is 2.11. The van der Waals surface area contributed by atoms with E-state index >= 15 is 0 Å². The summed E-state index contributed by atoms with van der Waals surface area (Å²) in [6.07, 6.45) is 1.94. The van der Waals surface area contributed by atoms with Gasteiger partial charge in [0.25, 0.3) is 5.91 Å². The van der Waals surface area contributed by atoms with Crippen LogP contribution in [0.2, 0.25) is 0 Å². The predicted octanol–water partition coefficient (Wildman–Crippen LogP) is 1.98. The van der Waals surface area contributed by atoms with Gasteiger partial charge in [-0.05, 0) is 57.2 Å². The Morgan fingerprint density at radius 2 is 1.95 bits per heavy atom. The Morgan fingerprint density at radius 3 is 2.50 bits per heavy atom. The Morgan fingerprint density at radius 1 is 1.35 bits per heavy atom. The van der Waals surface area contributed by atoms with Crippen LogP contribution in [0.4, 0.5) is 0 Å². The van der Waals surface area contributed by atoms with Gasteiger partial charge in [-0.15, -0.1) is 0 Å². The van der Waals surface area contributed by atoms with Gasteiger partial charge < -0.3 is 14.9 Å². The predicted molar refractivity (Wildman–Crippen MR) is 82.8 cm³/mol. The van der Waals surface area contributed by atoms with Crippen molar-refractivity contribution in [1.82, 2.24) is 9.80 Å². The monoisotopic (exact) mass is 340 g/mol. The van der Waals surface area contributed by atoms with Gasteiger partial charge >= 0.3 is 0 Å². The van der Waals surface area contributed by atoms with E-state index in [-0.39, 0.29) is 18.6 Å². The molecule has 1 amide bonds. The topological polar surface area (TPSA) is 43.8 Å². The number of nitrogens with zero attached hydrogens (tertiary/aromatic N) is 2. The van der Waals surface area contributed by atoms with E-state index in [0.29, 0.717) is 12.1 Å². The van der Waals surface area contributed by atoms with Crippen molar-refractivity contribution in [3.05, 3.63) is 34.3 Å². The van der Waals surface area contributed by atoms with E-state index < -0.39 is 0 Å². The minimum Gasteiger partial charge on any atom is -0.395 e. The smallest absolute Gasteiger partial charge is 0.254 e. The second-order valence-corrected chi connectivity index (χ2v) is 6.18. The van der Waals surface area contributed by atoms with E-state index in [4.69, 9.17) is 0 Å². The number of likely N-dealkylation sites (tertiary alicyclic amines) is 1. The van der Waals surface area contributed by atoms with Gasteiger partial charge in [0.2, 0.25) is 0 Å². The summed E-state index contributed by atoms with van der Waals surface area (Å²) in [4.78, 5) is 16.7. The van der Waals surface area contributed by atoms with Gasteiger partial charge in [0.1, 0.15) is 0 Å². The first kappa shape index (κ1) is 15.5. The molecule has 1 aromatic carbocycles. The molecule has 0 spiro atoms. The third-order valence-corrected chi connectivity index (χ3v) is 4.35. The van der Waals surface area contributed by atoms with Crippen molar-refractivity contribution in [1.29, 1.82) is 0 Å². The Kier molecular flexibility index (Phi) is 5.57. The highest BCUT2D eigenvalue weighted by atomic mass is 79.9. The van der Waals surface area contributed by atoms with Gasteiger partial charge in [-0.2, -0.15) is 0 Å². The highest BCUT2D eigenvalue weighted by Crippen LogP contribution is 2.19. The number of carbonyl (C=O) groups excluding carboxylic acids is 1.